The average Bonchev–Trinajstić information content (AvgIpc) is 2.78. The summed E-state index contributed by atoms with van der Waals surface area (Å²) in [6.45, 7) is 2.03. The summed E-state index contributed by atoms with van der Waals surface area (Å²) in [5.41, 5.74) is 1.44. The lowest BCUT2D eigenvalue weighted by molar-refractivity contribution is -0.152. The molecule has 0 radical (unpaired) electrons. The second kappa shape index (κ2) is 6.94. The highest BCUT2D eigenvalue weighted by atomic mass is 16.2. The Kier molecular flexibility index (Phi) is 4.32. The number of benzene rings is 3. The zero-order valence-corrected chi connectivity index (χ0v) is 17.5. The summed E-state index contributed by atoms with van der Waals surface area (Å²) in [6, 6.07) is 20.3. The molecular weight excluding hydrogens is 390 g/mol. The zero-order chi connectivity index (χ0) is 21.8. The van der Waals surface area contributed by atoms with E-state index in [0.29, 0.717) is 0 Å². The van der Waals surface area contributed by atoms with E-state index in [2.05, 4.69) is 11.4 Å². The average molecular weight is 413 g/mol. The highest BCUT2D eigenvalue weighted by Gasteiger charge is 2.57. The Morgan fingerprint density at radius 1 is 0.935 bits per heavy atom. The first-order valence-electron chi connectivity index (χ1n) is 10.4. The van der Waals surface area contributed by atoms with E-state index in [-0.39, 0.29) is 13.0 Å². The summed E-state index contributed by atoms with van der Waals surface area (Å²) < 4.78 is 0. The molecule has 1 saturated heterocycles. The summed E-state index contributed by atoms with van der Waals surface area (Å²) in [7, 11) is 1.89. The Balaban J connectivity index is 1.62. The van der Waals surface area contributed by atoms with Crippen molar-refractivity contribution in [3.63, 3.8) is 0 Å². The van der Waals surface area contributed by atoms with Crippen LogP contribution in [0.15, 0.2) is 66.7 Å². The number of nitrogens with one attached hydrogen (secondary N) is 1. The fourth-order valence-electron chi connectivity index (χ4n) is 4.94. The van der Waals surface area contributed by atoms with Gasteiger partial charge in [-0.25, -0.2) is 4.79 Å². The maximum atomic E-state index is 13.8. The molecule has 3 aromatic carbocycles. The Morgan fingerprint density at radius 2 is 1.65 bits per heavy atom. The molecular formula is C25H23N3O3. The van der Waals surface area contributed by atoms with Gasteiger partial charge in [0.2, 0.25) is 11.8 Å². The van der Waals surface area contributed by atoms with E-state index in [9.17, 15) is 14.4 Å². The van der Waals surface area contributed by atoms with Gasteiger partial charge in [-0.15, -0.1) is 0 Å². The van der Waals surface area contributed by atoms with E-state index >= 15 is 0 Å². The monoisotopic (exact) mass is 413 g/mol. The summed E-state index contributed by atoms with van der Waals surface area (Å²) in [5.74, 6) is -0.965. The molecule has 2 aliphatic rings. The summed E-state index contributed by atoms with van der Waals surface area (Å²) in [6.07, 6.45) is 0.254. The Morgan fingerprint density at radius 3 is 2.42 bits per heavy atom. The third-order valence-electron chi connectivity index (χ3n) is 6.58. The van der Waals surface area contributed by atoms with E-state index < -0.39 is 29.3 Å². The van der Waals surface area contributed by atoms with Crippen LogP contribution >= 0.6 is 0 Å². The van der Waals surface area contributed by atoms with E-state index in [1.54, 1.807) is 0 Å². The van der Waals surface area contributed by atoms with Crippen LogP contribution in [0.3, 0.4) is 0 Å². The Bertz CT molecular complexity index is 1220. The van der Waals surface area contributed by atoms with Crippen LogP contribution in [0.2, 0.25) is 0 Å². The van der Waals surface area contributed by atoms with Crippen LogP contribution in [0.25, 0.3) is 10.8 Å². The minimum absolute atomic E-state index is 0.217. The lowest BCUT2D eigenvalue weighted by Gasteiger charge is -2.46. The molecule has 1 N–H and O–H groups in total. The largest absolute Gasteiger partial charge is 0.373 e. The van der Waals surface area contributed by atoms with Crippen LogP contribution in [-0.4, -0.2) is 36.3 Å². The number of hydrogen-bond acceptors (Lipinski definition) is 4. The standard InChI is InChI=1S/C25H23N3O3/c1-16(17-8-4-3-5-9-17)28-23(30)25(22(29)26-24(28)31)14-20-19-11-7-6-10-18(19)12-13-21(20)27(2)15-25/h3-13,16H,14-15H2,1-2H3,(H,26,29,31)/t16-,25-/m0/s1. The van der Waals surface area contributed by atoms with Gasteiger partial charge in [-0.3, -0.25) is 19.8 Å². The number of fused-ring (bicyclic) bond motifs is 3. The van der Waals surface area contributed by atoms with Crippen molar-refractivity contribution >= 4 is 34.3 Å². The van der Waals surface area contributed by atoms with Crippen molar-refractivity contribution in [1.82, 2.24) is 10.2 Å². The van der Waals surface area contributed by atoms with Gasteiger partial charge in [0.15, 0.2) is 0 Å². The van der Waals surface area contributed by atoms with Crippen molar-refractivity contribution in [2.24, 2.45) is 5.41 Å². The summed E-state index contributed by atoms with van der Waals surface area (Å²) in [5, 5.41) is 4.55. The molecule has 3 aromatic rings. The van der Waals surface area contributed by atoms with Crippen molar-refractivity contribution in [1.29, 1.82) is 0 Å². The third kappa shape index (κ3) is 2.82. The van der Waals surface area contributed by atoms with E-state index in [0.717, 1.165) is 27.6 Å². The van der Waals surface area contributed by atoms with E-state index in [1.165, 1.54) is 4.90 Å². The van der Waals surface area contributed by atoms with Crippen molar-refractivity contribution in [2.45, 2.75) is 19.4 Å². The molecule has 156 valence electrons. The van der Waals surface area contributed by atoms with Gasteiger partial charge in [-0.1, -0.05) is 60.7 Å². The topological polar surface area (TPSA) is 69.7 Å². The van der Waals surface area contributed by atoms with Crippen LogP contribution in [0.1, 0.15) is 24.1 Å². The van der Waals surface area contributed by atoms with Crippen LogP contribution in [0, 0.1) is 5.41 Å². The van der Waals surface area contributed by atoms with Crippen LogP contribution in [-0.2, 0) is 16.0 Å². The molecule has 0 unspecified atom stereocenters. The van der Waals surface area contributed by atoms with E-state index in [4.69, 9.17) is 0 Å². The lowest BCUT2D eigenvalue weighted by atomic mass is 9.73. The van der Waals surface area contributed by atoms with Crippen molar-refractivity contribution in [3.8, 4) is 0 Å². The number of nitrogens with zero attached hydrogens (tertiary/aromatic N) is 2. The van der Waals surface area contributed by atoms with Gasteiger partial charge in [-0.05, 0) is 34.9 Å². The van der Waals surface area contributed by atoms with Gasteiger partial charge in [-0.2, -0.15) is 0 Å². The van der Waals surface area contributed by atoms with Gasteiger partial charge < -0.3 is 4.90 Å². The second-order valence-electron chi connectivity index (χ2n) is 8.42. The zero-order valence-electron chi connectivity index (χ0n) is 17.5. The molecule has 0 bridgehead atoms. The Labute approximate surface area is 180 Å². The molecule has 2 aliphatic heterocycles. The molecule has 2 heterocycles. The minimum Gasteiger partial charge on any atom is -0.373 e. The van der Waals surface area contributed by atoms with Crippen molar-refractivity contribution in [2.75, 3.05) is 18.5 Å². The molecule has 6 nitrogen and oxygen atoms in total. The predicted molar refractivity (Wildman–Crippen MR) is 119 cm³/mol. The number of carbonyl (C=O) groups is 3. The van der Waals surface area contributed by atoms with Gasteiger partial charge >= 0.3 is 6.03 Å². The van der Waals surface area contributed by atoms with Crippen LogP contribution in [0.4, 0.5) is 10.5 Å². The molecule has 0 aliphatic carbocycles. The second-order valence-corrected chi connectivity index (χ2v) is 8.42. The minimum atomic E-state index is -1.36. The molecule has 1 fully saturated rings. The molecule has 2 atom stereocenters. The quantitative estimate of drug-likeness (QED) is 0.651. The highest BCUT2D eigenvalue weighted by Crippen LogP contribution is 2.43. The lowest BCUT2D eigenvalue weighted by Crippen LogP contribution is -2.68. The fourth-order valence-corrected chi connectivity index (χ4v) is 4.94. The molecule has 0 aromatic heterocycles. The number of imide groups is 2. The number of rotatable bonds is 2. The first kappa shape index (κ1) is 19.3. The molecule has 4 amide bonds. The summed E-state index contributed by atoms with van der Waals surface area (Å²) >= 11 is 0. The molecule has 6 heteroatoms. The van der Waals surface area contributed by atoms with Gasteiger partial charge in [0, 0.05) is 25.7 Å². The van der Waals surface area contributed by atoms with Crippen LogP contribution < -0.4 is 10.2 Å². The van der Waals surface area contributed by atoms with Crippen molar-refractivity contribution in [3.05, 3.63) is 77.9 Å². The maximum Gasteiger partial charge on any atom is 0.331 e. The fraction of sp³-hybridized carbons (Fsp3) is 0.240. The summed E-state index contributed by atoms with van der Waals surface area (Å²) in [4.78, 5) is 42.9. The third-order valence-corrected chi connectivity index (χ3v) is 6.58. The number of hydrogen-bond donors (Lipinski definition) is 1. The number of urea groups is 1. The number of amides is 4. The number of barbiturate groups is 1. The normalized spacial score (nSPS) is 21.9. The van der Waals surface area contributed by atoms with Gasteiger partial charge in [0.1, 0.15) is 5.41 Å². The number of anilines is 1. The molecule has 1 spiro atoms. The smallest absolute Gasteiger partial charge is 0.331 e. The van der Waals surface area contributed by atoms with Gasteiger partial charge in [0.25, 0.3) is 0 Å². The molecule has 0 saturated carbocycles. The van der Waals surface area contributed by atoms with Crippen molar-refractivity contribution < 1.29 is 14.4 Å². The number of carbonyl (C=O) groups excluding carboxylic acids is 3. The maximum absolute atomic E-state index is 13.8. The van der Waals surface area contributed by atoms with Crippen LogP contribution in [0.5, 0.6) is 0 Å². The van der Waals surface area contributed by atoms with Gasteiger partial charge in [0.05, 0.1) is 6.04 Å². The SMILES string of the molecule is C[C@@H](c1ccccc1)N1C(=O)NC(=O)[C@@]2(Cc3c(ccc4ccccc34)N(C)C2)C1=O. The Hall–Kier alpha value is -3.67. The molecule has 5 rings (SSSR count). The van der Waals surface area contributed by atoms with E-state index in [1.807, 2.05) is 79.5 Å². The molecule has 31 heavy (non-hydrogen) atoms. The first-order valence-corrected chi connectivity index (χ1v) is 10.4. The highest BCUT2D eigenvalue weighted by molar-refractivity contribution is 6.20. The predicted octanol–water partition coefficient (Wildman–Crippen LogP) is 3.66. The first-order chi connectivity index (χ1) is 14.9.